The number of hydrogen-bond donors (Lipinski definition) is 1. The van der Waals surface area contributed by atoms with Crippen LogP contribution in [0, 0.1) is 0 Å². The van der Waals surface area contributed by atoms with E-state index >= 15 is 0 Å². The fraction of sp³-hybridized carbons (Fsp3) is 0.333. The Morgan fingerprint density at radius 1 is 1.19 bits per heavy atom. The third kappa shape index (κ3) is 5.05. The van der Waals surface area contributed by atoms with Crippen molar-refractivity contribution in [2.75, 3.05) is 14.2 Å². The molecule has 32 heavy (non-hydrogen) atoms. The van der Waals surface area contributed by atoms with Crippen LogP contribution in [0.1, 0.15) is 42.5 Å². The number of hydrogen-bond acceptors (Lipinski definition) is 8. The maximum atomic E-state index is 12.9. The molecule has 0 bridgehead atoms. The number of aromatic nitrogens is 4. The van der Waals surface area contributed by atoms with Gasteiger partial charge in [0.25, 0.3) is 10.0 Å². The van der Waals surface area contributed by atoms with Crippen LogP contribution in [-0.4, -0.2) is 48.3 Å². The molecular weight excluding hydrogens is 434 g/mol. The van der Waals surface area contributed by atoms with Crippen LogP contribution in [0.15, 0.2) is 47.8 Å². The molecule has 2 heterocycles. The van der Waals surface area contributed by atoms with E-state index in [4.69, 9.17) is 9.47 Å². The molecule has 3 rings (SSSR count). The fourth-order valence-electron chi connectivity index (χ4n) is 2.93. The number of nitrogens with one attached hydrogen (secondary N) is 1. The quantitative estimate of drug-likeness (QED) is 0.570. The maximum Gasteiger partial charge on any atom is 0.302 e. The molecule has 0 saturated heterocycles. The minimum atomic E-state index is -4.24. The van der Waals surface area contributed by atoms with E-state index in [-0.39, 0.29) is 27.8 Å². The zero-order chi connectivity index (χ0) is 23.5. The van der Waals surface area contributed by atoms with Crippen molar-refractivity contribution >= 4 is 15.9 Å². The molecule has 0 unspecified atom stereocenters. The van der Waals surface area contributed by atoms with Crippen molar-refractivity contribution < 1.29 is 22.7 Å². The number of carbonyl (C=O) groups excluding carboxylic acids is 1. The van der Waals surface area contributed by atoms with Gasteiger partial charge in [-0.05, 0) is 29.2 Å². The lowest BCUT2D eigenvalue weighted by atomic mass is 9.87. The van der Waals surface area contributed by atoms with E-state index in [1.165, 1.54) is 26.5 Å². The second-order valence-electron chi connectivity index (χ2n) is 7.98. The third-order valence-electron chi connectivity index (χ3n) is 4.66. The van der Waals surface area contributed by atoms with Crippen LogP contribution in [0.2, 0.25) is 0 Å². The number of sulfonamides is 1. The molecule has 0 radical (unpaired) electrons. The third-order valence-corrected chi connectivity index (χ3v) is 6.03. The Morgan fingerprint density at radius 3 is 2.53 bits per heavy atom. The van der Waals surface area contributed by atoms with Gasteiger partial charge in [0.2, 0.25) is 11.7 Å². The molecule has 1 N–H and O–H groups in total. The van der Waals surface area contributed by atoms with E-state index in [0.29, 0.717) is 12.1 Å². The summed E-state index contributed by atoms with van der Waals surface area (Å²) in [6, 6.07) is 6.50. The van der Waals surface area contributed by atoms with Gasteiger partial charge in [-0.3, -0.25) is 9.48 Å². The van der Waals surface area contributed by atoms with Crippen molar-refractivity contribution in [3.8, 4) is 11.6 Å². The summed E-state index contributed by atoms with van der Waals surface area (Å²) in [4.78, 5) is 20.5. The van der Waals surface area contributed by atoms with E-state index in [1.54, 1.807) is 35.3 Å². The Morgan fingerprint density at radius 2 is 1.94 bits per heavy atom. The zero-order valence-corrected chi connectivity index (χ0v) is 19.3. The lowest BCUT2D eigenvalue weighted by Gasteiger charge is -2.21. The average molecular weight is 460 g/mol. The predicted molar refractivity (Wildman–Crippen MR) is 116 cm³/mol. The summed E-state index contributed by atoms with van der Waals surface area (Å²) in [6.45, 7) is 6.32. The van der Waals surface area contributed by atoms with Crippen molar-refractivity contribution in [1.29, 1.82) is 0 Å². The maximum absolute atomic E-state index is 12.9. The Hall–Kier alpha value is -3.47. The highest BCUT2D eigenvalue weighted by molar-refractivity contribution is 7.90. The van der Waals surface area contributed by atoms with Gasteiger partial charge in [0, 0.05) is 18.6 Å². The molecule has 0 fully saturated rings. The molecule has 0 aliphatic carbocycles. The molecule has 0 spiro atoms. The molecule has 2 aromatic heterocycles. The van der Waals surface area contributed by atoms with Gasteiger partial charge in [0.15, 0.2) is 0 Å². The van der Waals surface area contributed by atoms with Crippen LogP contribution in [0.5, 0.6) is 11.6 Å². The van der Waals surface area contributed by atoms with Crippen LogP contribution >= 0.6 is 0 Å². The van der Waals surface area contributed by atoms with E-state index in [0.717, 1.165) is 5.56 Å². The molecular formula is C21H25N5O5S. The summed E-state index contributed by atoms with van der Waals surface area (Å²) in [5.74, 6) is -1.06. The summed E-state index contributed by atoms with van der Waals surface area (Å²) in [5, 5.41) is 4.10. The molecule has 11 heteroatoms. The first kappa shape index (κ1) is 23.2. The summed E-state index contributed by atoms with van der Waals surface area (Å²) in [7, 11) is -1.48. The lowest BCUT2D eigenvalue weighted by Crippen LogP contribution is -2.32. The summed E-state index contributed by atoms with van der Waals surface area (Å²) < 4.78 is 39.9. The number of methoxy groups -OCH3 is 2. The first-order valence-corrected chi connectivity index (χ1v) is 11.2. The van der Waals surface area contributed by atoms with E-state index in [1.807, 2.05) is 25.5 Å². The van der Waals surface area contributed by atoms with Crippen LogP contribution < -0.4 is 14.2 Å². The summed E-state index contributed by atoms with van der Waals surface area (Å²) >= 11 is 0. The number of amides is 1. The van der Waals surface area contributed by atoms with Crippen molar-refractivity contribution in [2.24, 2.45) is 0 Å². The first-order valence-electron chi connectivity index (χ1n) is 9.68. The van der Waals surface area contributed by atoms with E-state index in [2.05, 4.69) is 15.1 Å². The molecule has 10 nitrogen and oxygen atoms in total. The van der Waals surface area contributed by atoms with Gasteiger partial charge in [-0.1, -0.05) is 26.8 Å². The van der Waals surface area contributed by atoms with Gasteiger partial charge >= 0.3 is 5.91 Å². The smallest absolute Gasteiger partial charge is 0.302 e. The molecule has 1 aromatic carbocycles. The molecule has 0 aliphatic rings. The monoisotopic (exact) mass is 459 g/mol. The number of nitrogens with zero attached hydrogens (tertiary/aromatic N) is 4. The number of carbonyl (C=O) groups is 1. The highest BCUT2D eigenvalue weighted by atomic mass is 32.2. The molecule has 3 aromatic rings. The largest absolute Gasteiger partial charge is 0.495 e. The van der Waals surface area contributed by atoms with Gasteiger partial charge in [-0.15, -0.1) is 0 Å². The highest BCUT2D eigenvalue weighted by Gasteiger charge is 2.26. The van der Waals surface area contributed by atoms with Crippen molar-refractivity contribution in [3.63, 3.8) is 0 Å². The van der Waals surface area contributed by atoms with Gasteiger partial charge < -0.3 is 9.47 Å². The highest BCUT2D eigenvalue weighted by Crippen LogP contribution is 2.31. The topological polar surface area (TPSA) is 125 Å². The Bertz CT molecular complexity index is 1220. The lowest BCUT2D eigenvalue weighted by molar-refractivity contribution is 0.0970. The fourth-order valence-corrected chi connectivity index (χ4v) is 4.03. The van der Waals surface area contributed by atoms with Gasteiger partial charge in [0.1, 0.15) is 10.6 Å². The van der Waals surface area contributed by atoms with Crippen molar-refractivity contribution in [2.45, 2.75) is 37.6 Å². The average Bonchev–Trinajstić information content (AvgIpc) is 3.25. The normalized spacial score (nSPS) is 11.8. The Balaban J connectivity index is 1.86. The Labute approximate surface area is 186 Å². The Kier molecular flexibility index (Phi) is 6.49. The molecule has 0 saturated carbocycles. The van der Waals surface area contributed by atoms with Gasteiger partial charge in [0.05, 0.1) is 26.3 Å². The minimum absolute atomic E-state index is 0.130. The van der Waals surface area contributed by atoms with Crippen LogP contribution in [0.3, 0.4) is 0 Å². The van der Waals surface area contributed by atoms with Gasteiger partial charge in [-0.25, -0.2) is 18.1 Å². The zero-order valence-electron chi connectivity index (χ0n) is 18.5. The van der Waals surface area contributed by atoms with Gasteiger partial charge in [-0.2, -0.15) is 10.1 Å². The van der Waals surface area contributed by atoms with Crippen LogP contribution in [0.25, 0.3) is 0 Å². The summed E-state index contributed by atoms with van der Waals surface area (Å²) in [5.41, 5.74) is 1.26. The molecule has 1 amide bonds. The van der Waals surface area contributed by atoms with Crippen molar-refractivity contribution in [1.82, 2.24) is 24.5 Å². The van der Waals surface area contributed by atoms with Crippen LogP contribution in [-0.2, 0) is 22.0 Å². The number of ether oxygens (including phenoxy) is 2. The molecule has 0 aliphatic heterocycles. The minimum Gasteiger partial charge on any atom is -0.495 e. The number of rotatable bonds is 7. The van der Waals surface area contributed by atoms with E-state index in [9.17, 15) is 13.2 Å². The SMILES string of the molecule is COc1cc(C(C)(C)C)ccc1S(=O)(=O)NC(=O)c1ncc(Cn2cccn2)c(OC)n1. The summed E-state index contributed by atoms with van der Waals surface area (Å²) in [6.07, 6.45) is 4.78. The van der Waals surface area contributed by atoms with E-state index < -0.39 is 15.9 Å². The standard InChI is InChI=1S/C21H25N5O5S/c1-21(2,3)15-7-8-17(16(11-15)30-4)32(28,29)25-19(27)18-22-12-14(20(24-18)31-5)13-26-10-6-9-23-26/h6-12H,13H2,1-5H3,(H,25,27). The second kappa shape index (κ2) is 8.95. The first-order chi connectivity index (χ1) is 15.0. The molecule has 170 valence electrons. The van der Waals surface area contributed by atoms with Crippen molar-refractivity contribution in [3.05, 3.63) is 59.8 Å². The number of benzene rings is 1. The predicted octanol–water partition coefficient (Wildman–Crippen LogP) is 2.15. The molecule has 0 atom stereocenters. The second-order valence-corrected chi connectivity index (χ2v) is 9.63. The van der Waals surface area contributed by atoms with Crippen LogP contribution in [0.4, 0.5) is 0 Å².